The van der Waals surface area contributed by atoms with Crippen LogP contribution in [-0.2, 0) is 4.79 Å². The monoisotopic (exact) mass is 318 g/mol. The Balaban J connectivity index is 1.72. The fourth-order valence-electron chi connectivity index (χ4n) is 2.60. The van der Waals surface area contributed by atoms with E-state index in [4.69, 9.17) is 10.5 Å². The first-order chi connectivity index (χ1) is 11.2. The fourth-order valence-corrected chi connectivity index (χ4v) is 2.60. The summed E-state index contributed by atoms with van der Waals surface area (Å²) >= 11 is 0. The van der Waals surface area contributed by atoms with Gasteiger partial charge in [-0.15, -0.1) is 0 Å². The summed E-state index contributed by atoms with van der Waals surface area (Å²) in [6.45, 7) is 2.25. The van der Waals surface area contributed by atoms with Gasteiger partial charge in [0.05, 0.1) is 7.11 Å². The van der Waals surface area contributed by atoms with Gasteiger partial charge < -0.3 is 20.7 Å². The summed E-state index contributed by atoms with van der Waals surface area (Å²) in [4.78, 5) is 18.1. The molecule has 2 rings (SSSR count). The molecule has 1 aromatic rings. The molecule has 0 aromatic heterocycles. The summed E-state index contributed by atoms with van der Waals surface area (Å²) in [5.74, 6) is 1.46. The van der Waals surface area contributed by atoms with Crippen molar-refractivity contribution in [2.75, 3.05) is 32.1 Å². The average molecular weight is 318 g/mol. The Morgan fingerprint density at radius 3 is 2.83 bits per heavy atom. The molecule has 1 aliphatic rings. The standard InChI is InChI=1S/C17H26N4O2/c1-23-15-9-7-14(8-10-15)20-17(18)19-11-5-13-21-12-4-2-3-6-16(21)22/h7-10H,2-6,11-13H2,1H3,(H3,18,19,20). The second kappa shape index (κ2) is 9.02. The number of carbonyl (C=O) groups is 1. The number of amides is 1. The lowest BCUT2D eigenvalue weighted by Gasteiger charge is -2.19. The molecule has 0 atom stereocenters. The van der Waals surface area contributed by atoms with Gasteiger partial charge in [-0.2, -0.15) is 0 Å². The molecule has 0 saturated carbocycles. The lowest BCUT2D eigenvalue weighted by molar-refractivity contribution is -0.130. The highest BCUT2D eigenvalue weighted by Crippen LogP contribution is 2.14. The molecule has 1 saturated heterocycles. The van der Waals surface area contributed by atoms with E-state index in [1.54, 1.807) is 7.11 Å². The summed E-state index contributed by atoms with van der Waals surface area (Å²) in [7, 11) is 1.63. The molecule has 1 amide bonds. The maximum absolute atomic E-state index is 11.9. The first-order valence-corrected chi connectivity index (χ1v) is 8.18. The second-order valence-electron chi connectivity index (χ2n) is 5.67. The number of ether oxygens (including phenoxy) is 1. The highest BCUT2D eigenvalue weighted by molar-refractivity contribution is 5.92. The number of carbonyl (C=O) groups excluding carboxylic acids is 1. The van der Waals surface area contributed by atoms with E-state index in [1.165, 1.54) is 0 Å². The first-order valence-electron chi connectivity index (χ1n) is 8.18. The Bertz CT molecular complexity index is 528. The van der Waals surface area contributed by atoms with Gasteiger partial charge in [-0.05, 0) is 43.5 Å². The third-order valence-electron chi connectivity index (χ3n) is 3.90. The highest BCUT2D eigenvalue weighted by Gasteiger charge is 2.15. The Labute approximate surface area is 137 Å². The molecule has 1 aromatic carbocycles. The number of nitrogens with one attached hydrogen (secondary N) is 1. The lowest BCUT2D eigenvalue weighted by Crippen LogP contribution is -2.31. The van der Waals surface area contributed by atoms with Gasteiger partial charge in [0.2, 0.25) is 5.91 Å². The number of aliphatic imine (C=N–C) groups is 1. The van der Waals surface area contributed by atoms with Crippen LogP contribution in [0.2, 0.25) is 0 Å². The Morgan fingerprint density at radius 2 is 2.09 bits per heavy atom. The molecule has 6 heteroatoms. The molecule has 1 heterocycles. The molecule has 3 N–H and O–H groups in total. The number of anilines is 1. The predicted octanol–water partition coefficient (Wildman–Crippen LogP) is 2.21. The molecule has 0 radical (unpaired) electrons. The van der Waals surface area contributed by atoms with Crippen molar-refractivity contribution in [2.45, 2.75) is 32.1 Å². The second-order valence-corrected chi connectivity index (χ2v) is 5.67. The van der Waals surface area contributed by atoms with Gasteiger partial charge in [0.15, 0.2) is 5.96 Å². The van der Waals surface area contributed by atoms with Crippen molar-refractivity contribution in [3.05, 3.63) is 24.3 Å². The van der Waals surface area contributed by atoms with E-state index in [0.717, 1.165) is 50.2 Å². The van der Waals surface area contributed by atoms with Crippen molar-refractivity contribution < 1.29 is 9.53 Å². The average Bonchev–Trinajstić information content (AvgIpc) is 2.77. The van der Waals surface area contributed by atoms with Crippen LogP contribution < -0.4 is 15.8 Å². The Kier molecular flexibility index (Phi) is 6.72. The van der Waals surface area contributed by atoms with Gasteiger partial charge in [-0.1, -0.05) is 6.42 Å². The van der Waals surface area contributed by atoms with E-state index >= 15 is 0 Å². The smallest absolute Gasteiger partial charge is 0.222 e. The quantitative estimate of drug-likeness (QED) is 0.479. The SMILES string of the molecule is COc1ccc(NC(N)=NCCCN2CCCCCC2=O)cc1. The third-order valence-corrected chi connectivity index (χ3v) is 3.90. The van der Waals surface area contributed by atoms with Gasteiger partial charge in [0.1, 0.15) is 5.75 Å². The van der Waals surface area contributed by atoms with Gasteiger partial charge in [0.25, 0.3) is 0 Å². The summed E-state index contributed by atoms with van der Waals surface area (Å²) in [5.41, 5.74) is 6.75. The van der Waals surface area contributed by atoms with Gasteiger partial charge in [0, 0.05) is 31.7 Å². The van der Waals surface area contributed by atoms with Gasteiger partial charge >= 0.3 is 0 Å². The number of rotatable bonds is 6. The number of methoxy groups -OCH3 is 1. The van der Waals surface area contributed by atoms with Crippen LogP contribution in [0, 0.1) is 0 Å². The minimum atomic E-state index is 0.274. The van der Waals surface area contributed by atoms with E-state index in [1.807, 2.05) is 29.2 Å². The third kappa shape index (κ3) is 5.81. The van der Waals surface area contributed by atoms with Gasteiger partial charge in [-0.25, -0.2) is 0 Å². The van der Waals surface area contributed by atoms with Crippen molar-refractivity contribution in [2.24, 2.45) is 10.7 Å². The molecule has 0 bridgehead atoms. The summed E-state index contributed by atoms with van der Waals surface area (Å²) in [6.07, 6.45) is 4.79. The predicted molar refractivity (Wildman–Crippen MR) is 92.8 cm³/mol. The van der Waals surface area contributed by atoms with Crippen LogP contribution in [0.25, 0.3) is 0 Å². The first kappa shape index (κ1) is 17.1. The van der Waals surface area contributed by atoms with Crippen LogP contribution in [0.5, 0.6) is 5.75 Å². The number of likely N-dealkylation sites (tertiary alicyclic amines) is 1. The molecule has 23 heavy (non-hydrogen) atoms. The summed E-state index contributed by atoms with van der Waals surface area (Å²) in [6, 6.07) is 7.50. The number of nitrogens with two attached hydrogens (primary N) is 1. The minimum absolute atomic E-state index is 0.274. The molecule has 0 spiro atoms. The zero-order chi connectivity index (χ0) is 16.5. The number of guanidine groups is 1. The van der Waals surface area contributed by atoms with Crippen molar-refractivity contribution in [3.8, 4) is 5.75 Å². The van der Waals surface area contributed by atoms with Crippen molar-refractivity contribution in [1.29, 1.82) is 0 Å². The van der Waals surface area contributed by atoms with Crippen LogP contribution >= 0.6 is 0 Å². The van der Waals surface area contributed by atoms with Gasteiger partial charge in [-0.3, -0.25) is 9.79 Å². The molecule has 0 unspecified atom stereocenters. The molecule has 0 aliphatic carbocycles. The van der Waals surface area contributed by atoms with E-state index in [0.29, 0.717) is 18.9 Å². The van der Waals surface area contributed by atoms with Crippen LogP contribution in [0.3, 0.4) is 0 Å². The molecular weight excluding hydrogens is 292 g/mol. The number of benzene rings is 1. The van der Waals surface area contributed by atoms with E-state index in [2.05, 4.69) is 10.3 Å². The zero-order valence-electron chi connectivity index (χ0n) is 13.8. The molecule has 6 nitrogen and oxygen atoms in total. The molecule has 126 valence electrons. The van der Waals surface area contributed by atoms with Crippen LogP contribution in [0.1, 0.15) is 32.1 Å². The highest BCUT2D eigenvalue weighted by atomic mass is 16.5. The number of hydrogen-bond acceptors (Lipinski definition) is 3. The minimum Gasteiger partial charge on any atom is -0.497 e. The van der Waals surface area contributed by atoms with Crippen molar-refractivity contribution in [3.63, 3.8) is 0 Å². The van der Waals surface area contributed by atoms with Crippen molar-refractivity contribution in [1.82, 2.24) is 4.90 Å². The summed E-state index contributed by atoms with van der Waals surface area (Å²) < 4.78 is 5.11. The van der Waals surface area contributed by atoms with E-state index in [-0.39, 0.29) is 5.91 Å². The maximum atomic E-state index is 11.9. The topological polar surface area (TPSA) is 80.0 Å². The lowest BCUT2D eigenvalue weighted by atomic mass is 10.2. The van der Waals surface area contributed by atoms with Crippen molar-refractivity contribution >= 4 is 17.6 Å². The Morgan fingerprint density at radius 1 is 1.30 bits per heavy atom. The largest absolute Gasteiger partial charge is 0.497 e. The zero-order valence-corrected chi connectivity index (χ0v) is 13.8. The van der Waals surface area contributed by atoms with Crippen LogP contribution in [0.15, 0.2) is 29.3 Å². The van der Waals surface area contributed by atoms with E-state index in [9.17, 15) is 4.79 Å². The maximum Gasteiger partial charge on any atom is 0.222 e. The molecule has 1 fully saturated rings. The molecule has 1 aliphatic heterocycles. The van der Waals surface area contributed by atoms with Crippen LogP contribution in [-0.4, -0.2) is 43.5 Å². The van der Waals surface area contributed by atoms with E-state index < -0.39 is 0 Å². The molecular formula is C17H26N4O2. The number of hydrogen-bond donors (Lipinski definition) is 2. The number of nitrogens with zero attached hydrogens (tertiary/aromatic N) is 2. The summed E-state index contributed by atoms with van der Waals surface area (Å²) in [5, 5.41) is 3.04. The Hall–Kier alpha value is -2.24. The normalized spacial score (nSPS) is 16.1. The fraction of sp³-hybridized carbons (Fsp3) is 0.529. The van der Waals surface area contributed by atoms with Crippen LogP contribution in [0.4, 0.5) is 5.69 Å².